The van der Waals surface area contributed by atoms with E-state index in [1.807, 2.05) is 0 Å². The molecule has 102 valence electrons. The van der Waals surface area contributed by atoms with E-state index in [0.717, 1.165) is 6.07 Å². The van der Waals surface area contributed by atoms with Gasteiger partial charge in [0, 0.05) is 5.56 Å². The summed E-state index contributed by atoms with van der Waals surface area (Å²) in [5, 5.41) is 0. The van der Waals surface area contributed by atoms with E-state index in [1.165, 1.54) is 0 Å². The topological polar surface area (TPSA) is 35.2 Å². The van der Waals surface area contributed by atoms with Gasteiger partial charge in [0.25, 0.3) is 0 Å². The summed E-state index contributed by atoms with van der Waals surface area (Å²) in [6.45, 7) is -2.21. The summed E-state index contributed by atoms with van der Waals surface area (Å²) in [5.41, 5.74) is 4.87. The number of benzene rings is 1. The molecule has 2 nitrogen and oxygen atoms in total. The van der Waals surface area contributed by atoms with Gasteiger partial charge in [-0.1, -0.05) is 6.07 Å². The lowest BCUT2D eigenvalue weighted by Gasteiger charge is -2.14. The van der Waals surface area contributed by atoms with E-state index in [4.69, 9.17) is 5.73 Å². The normalized spacial score (nSPS) is 13.7. The molecule has 0 radical (unpaired) electrons. The summed E-state index contributed by atoms with van der Waals surface area (Å²) in [7, 11) is 0. The number of alkyl halides is 3. The highest BCUT2D eigenvalue weighted by Crippen LogP contribution is 2.21. The first-order chi connectivity index (χ1) is 8.22. The minimum Gasteiger partial charge on any atom is -0.370 e. The van der Waals surface area contributed by atoms with Crippen molar-refractivity contribution in [2.24, 2.45) is 5.73 Å². The molecule has 0 heterocycles. The standard InChI is InChI=1S/C10H9F6NO/c11-6-2-1-5(8(12)9(6)13)7(17)3-18-4-10(14,15)16/h1-2,7H,3-4,17H2. The molecule has 1 rings (SSSR count). The highest BCUT2D eigenvalue weighted by atomic mass is 19.4. The van der Waals surface area contributed by atoms with Crippen LogP contribution in [-0.4, -0.2) is 19.4 Å². The summed E-state index contributed by atoms with van der Waals surface area (Å²) < 4.78 is 78.1. The van der Waals surface area contributed by atoms with Gasteiger partial charge in [0.2, 0.25) is 0 Å². The second-order valence-corrected chi connectivity index (χ2v) is 3.50. The van der Waals surface area contributed by atoms with Crippen LogP contribution in [0.4, 0.5) is 26.3 Å². The average molecular weight is 273 g/mol. The van der Waals surface area contributed by atoms with Crippen LogP contribution in [0.5, 0.6) is 0 Å². The number of rotatable bonds is 4. The summed E-state index contributed by atoms with van der Waals surface area (Å²) in [5.74, 6) is -4.66. The lowest BCUT2D eigenvalue weighted by Crippen LogP contribution is -2.24. The van der Waals surface area contributed by atoms with Crippen molar-refractivity contribution in [2.45, 2.75) is 12.2 Å². The van der Waals surface area contributed by atoms with Crippen molar-refractivity contribution in [1.82, 2.24) is 0 Å². The Balaban J connectivity index is 2.68. The van der Waals surface area contributed by atoms with E-state index in [2.05, 4.69) is 4.74 Å². The van der Waals surface area contributed by atoms with Gasteiger partial charge in [-0.05, 0) is 6.07 Å². The molecule has 2 N–H and O–H groups in total. The van der Waals surface area contributed by atoms with Gasteiger partial charge in [0.1, 0.15) is 6.61 Å². The third-order valence-corrected chi connectivity index (χ3v) is 2.03. The fourth-order valence-electron chi connectivity index (χ4n) is 1.22. The van der Waals surface area contributed by atoms with E-state index < -0.39 is 48.4 Å². The molecule has 0 saturated heterocycles. The molecule has 1 aromatic rings. The second kappa shape index (κ2) is 5.57. The van der Waals surface area contributed by atoms with Gasteiger partial charge in [-0.2, -0.15) is 13.2 Å². The molecule has 1 unspecified atom stereocenters. The van der Waals surface area contributed by atoms with E-state index >= 15 is 0 Å². The van der Waals surface area contributed by atoms with E-state index in [1.54, 1.807) is 0 Å². The molecule has 0 saturated carbocycles. The molecule has 0 aliphatic carbocycles. The van der Waals surface area contributed by atoms with Crippen LogP contribution >= 0.6 is 0 Å². The molecule has 0 aliphatic rings. The van der Waals surface area contributed by atoms with Crippen molar-refractivity contribution >= 4 is 0 Å². The molecular weight excluding hydrogens is 264 g/mol. The maximum atomic E-state index is 13.2. The van der Waals surface area contributed by atoms with Crippen LogP contribution in [-0.2, 0) is 4.74 Å². The number of nitrogens with two attached hydrogens (primary N) is 1. The Bertz CT molecular complexity index is 420. The van der Waals surface area contributed by atoms with Gasteiger partial charge in [-0.15, -0.1) is 0 Å². The van der Waals surface area contributed by atoms with Crippen LogP contribution in [0, 0.1) is 17.5 Å². The van der Waals surface area contributed by atoms with E-state index in [-0.39, 0.29) is 0 Å². The van der Waals surface area contributed by atoms with Gasteiger partial charge in [-0.3, -0.25) is 0 Å². The lowest BCUT2D eigenvalue weighted by atomic mass is 10.1. The second-order valence-electron chi connectivity index (χ2n) is 3.50. The van der Waals surface area contributed by atoms with E-state index in [9.17, 15) is 26.3 Å². The number of ether oxygens (including phenoxy) is 1. The first kappa shape index (κ1) is 14.8. The summed E-state index contributed by atoms with van der Waals surface area (Å²) >= 11 is 0. The molecular formula is C10H9F6NO. The molecule has 8 heteroatoms. The largest absolute Gasteiger partial charge is 0.411 e. The van der Waals surface area contributed by atoms with Gasteiger partial charge >= 0.3 is 6.18 Å². The van der Waals surface area contributed by atoms with Gasteiger partial charge in [0.05, 0.1) is 12.6 Å². The lowest BCUT2D eigenvalue weighted by molar-refractivity contribution is -0.174. The number of hydrogen-bond donors (Lipinski definition) is 1. The van der Waals surface area contributed by atoms with Crippen LogP contribution in [0.15, 0.2) is 12.1 Å². The zero-order valence-electron chi connectivity index (χ0n) is 8.90. The molecule has 0 bridgehead atoms. The van der Waals surface area contributed by atoms with Gasteiger partial charge in [-0.25, -0.2) is 13.2 Å². The van der Waals surface area contributed by atoms with Crippen LogP contribution < -0.4 is 5.73 Å². The molecule has 0 fully saturated rings. The van der Waals surface area contributed by atoms with Gasteiger partial charge < -0.3 is 10.5 Å². The first-order valence-electron chi connectivity index (χ1n) is 4.76. The Labute approximate surface area is 98.3 Å². The quantitative estimate of drug-likeness (QED) is 0.676. The van der Waals surface area contributed by atoms with Crippen LogP contribution in [0.25, 0.3) is 0 Å². The predicted molar refractivity (Wildman–Crippen MR) is 50.1 cm³/mol. The van der Waals surface area contributed by atoms with Crippen molar-refractivity contribution in [3.63, 3.8) is 0 Å². The molecule has 0 aromatic heterocycles. The predicted octanol–water partition coefficient (Wildman–Crippen LogP) is 2.68. The van der Waals surface area contributed by atoms with Crippen molar-refractivity contribution in [1.29, 1.82) is 0 Å². The van der Waals surface area contributed by atoms with Crippen LogP contribution in [0.2, 0.25) is 0 Å². The zero-order chi connectivity index (χ0) is 13.9. The monoisotopic (exact) mass is 273 g/mol. The number of halogens is 6. The minimum atomic E-state index is -4.54. The highest BCUT2D eigenvalue weighted by Gasteiger charge is 2.28. The Hall–Kier alpha value is -1.28. The van der Waals surface area contributed by atoms with Crippen molar-refractivity contribution in [2.75, 3.05) is 13.2 Å². The summed E-state index contributed by atoms with van der Waals surface area (Å²) in [6.07, 6.45) is -4.54. The Morgan fingerprint density at radius 3 is 2.28 bits per heavy atom. The molecule has 0 spiro atoms. The van der Waals surface area contributed by atoms with E-state index in [0.29, 0.717) is 6.07 Å². The maximum Gasteiger partial charge on any atom is 0.411 e. The van der Waals surface area contributed by atoms with Gasteiger partial charge in [0.15, 0.2) is 17.5 Å². The Morgan fingerprint density at radius 2 is 1.72 bits per heavy atom. The van der Waals surface area contributed by atoms with Crippen molar-refractivity contribution < 1.29 is 31.1 Å². The Morgan fingerprint density at radius 1 is 1.11 bits per heavy atom. The first-order valence-corrected chi connectivity index (χ1v) is 4.76. The number of hydrogen-bond acceptors (Lipinski definition) is 2. The minimum absolute atomic E-state index is 0.448. The SMILES string of the molecule is NC(COCC(F)(F)F)c1ccc(F)c(F)c1F. The van der Waals surface area contributed by atoms with Crippen LogP contribution in [0.3, 0.4) is 0 Å². The maximum absolute atomic E-state index is 13.2. The highest BCUT2D eigenvalue weighted by molar-refractivity contribution is 5.23. The average Bonchev–Trinajstić information content (AvgIpc) is 2.24. The molecule has 0 amide bonds. The Kier molecular flexibility index (Phi) is 4.58. The van der Waals surface area contributed by atoms with Crippen molar-refractivity contribution in [3.8, 4) is 0 Å². The van der Waals surface area contributed by atoms with Crippen molar-refractivity contribution in [3.05, 3.63) is 35.1 Å². The summed E-state index contributed by atoms with van der Waals surface area (Å²) in [4.78, 5) is 0. The third-order valence-electron chi connectivity index (χ3n) is 2.03. The zero-order valence-corrected chi connectivity index (χ0v) is 8.90. The molecule has 0 aliphatic heterocycles. The fraction of sp³-hybridized carbons (Fsp3) is 0.400. The molecule has 1 aromatic carbocycles. The molecule has 1 atom stereocenters. The summed E-state index contributed by atoms with van der Waals surface area (Å²) in [6, 6.07) is 0.176. The van der Waals surface area contributed by atoms with Crippen LogP contribution in [0.1, 0.15) is 11.6 Å². The molecule has 18 heavy (non-hydrogen) atoms. The fourth-order valence-corrected chi connectivity index (χ4v) is 1.22. The third kappa shape index (κ3) is 3.88. The smallest absolute Gasteiger partial charge is 0.370 e.